The van der Waals surface area contributed by atoms with Gasteiger partial charge in [-0.25, -0.2) is 13.2 Å². The van der Waals surface area contributed by atoms with Crippen molar-refractivity contribution < 1.29 is 27.9 Å². The number of nitrogens with one attached hydrogen (secondary N) is 1. The summed E-state index contributed by atoms with van der Waals surface area (Å²) in [4.78, 5) is 25.2. The maximum absolute atomic E-state index is 14.8. The molecule has 1 heterocycles. The van der Waals surface area contributed by atoms with Crippen molar-refractivity contribution in [1.29, 1.82) is 0 Å². The van der Waals surface area contributed by atoms with Crippen molar-refractivity contribution in [2.24, 2.45) is 0 Å². The van der Waals surface area contributed by atoms with Gasteiger partial charge in [0.15, 0.2) is 17.4 Å². The average Bonchev–Trinajstić information content (AvgIpc) is 2.98. The van der Waals surface area contributed by atoms with Crippen molar-refractivity contribution >= 4 is 34.3 Å². The molecule has 1 atom stereocenters. The minimum atomic E-state index is -1.29. The van der Waals surface area contributed by atoms with Crippen molar-refractivity contribution in [2.75, 3.05) is 7.05 Å². The summed E-state index contributed by atoms with van der Waals surface area (Å²) in [6.07, 6.45) is 0. The quantitative estimate of drug-likeness (QED) is 0.659. The minimum absolute atomic E-state index is 0.106. The van der Waals surface area contributed by atoms with Gasteiger partial charge in [0, 0.05) is 29.8 Å². The number of carbonyl (C=O) groups excluding carboxylic acids is 2. The maximum atomic E-state index is 14.8. The molecule has 3 rings (SSSR count). The van der Waals surface area contributed by atoms with Crippen LogP contribution in [0.4, 0.5) is 13.2 Å². The van der Waals surface area contributed by atoms with Gasteiger partial charge < -0.3 is 10.4 Å². The van der Waals surface area contributed by atoms with Crippen LogP contribution in [0.15, 0.2) is 24.3 Å². The highest BCUT2D eigenvalue weighted by Gasteiger charge is 2.30. The summed E-state index contributed by atoms with van der Waals surface area (Å²) in [7, 11) is 1.39. The average molecular weight is 425 g/mol. The molecule has 0 saturated heterocycles. The van der Waals surface area contributed by atoms with E-state index < -0.39 is 40.9 Å². The smallest absolute Gasteiger partial charge is 0.262 e. The van der Waals surface area contributed by atoms with Crippen molar-refractivity contribution in [2.45, 2.75) is 19.8 Å². The third kappa shape index (κ3) is 3.23. The van der Waals surface area contributed by atoms with Crippen molar-refractivity contribution in [1.82, 2.24) is 9.88 Å². The first-order valence-corrected chi connectivity index (χ1v) is 8.91. The number of phenols is 1. The number of aromatic hydroxyl groups is 1. The lowest BCUT2D eigenvalue weighted by molar-refractivity contribution is -0.121. The molecule has 0 aliphatic heterocycles. The molecule has 0 aliphatic carbocycles. The number of benzene rings is 2. The van der Waals surface area contributed by atoms with E-state index in [1.54, 1.807) is 0 Å². The number of fused-ring (bicyclic) bond motifs is 1. The van der Waals surface area contributed by atoms with Crippen LogP contribution in [-0.2, 0) is 4.79 Å². The SMILES string of the molecule is CNC(=O)[C@@H](C)c1c(C)n(C(=O)c2ccc(Cl)c(F)c2)c2cc(F)c(O)c(F)c12. The lowest BCUT2D eigenvalue weighted by Crippen LogP contribution is -2.24. The first-order chi connectivity index (χ1) is 13.6. The Hall–Kier alpha value is -3.00. The Morgan fingerprint density at radius 2 is 1.83 bits per heavy atom. The van der Waals surface area contributed by atoms with Gasteiger partial charge in [-0.3, -0.25) is 14.2 Å². The normalized spacial score (nSPS) is 12.2. The molecule has 0 bridgehead atoms. The molecule has 0 fully saturated rings. The van der Waals surface area contributed by atoms with E-state index in [1.807, 2.05) is 0 Å². The fraction of sp³-hybridized carbons (Fsp3) is 0.200. The Bertz CT molecular complexity index is 1170. The van der Waals surface area contributed by atoms with Crippen molar-refractivity contribution in [3.05, 3.63) is 63.6 Å². The van der Waals surface area contributed by atoms with Crippen LogP contribution in [0, 0.1) is 24.4 Å². The second-order valence-corrected chi connectivity index (χ2v) is 6.93. The molecule has 5 nitrogen and oxygen atoms in total. The van der Waals surface area contributed by atoms with Gasteiger partial charge >= 0.3 is 0 Å². The lowest BCUT2D eigenvalue weighted by Gasteiger charge is -2.12. The molecule has 0 saturated carbocycles. The molecule has 2 aromatic carbocycles. The Morgan fingerprint density at radius 1 is 1.17 bits per heavy atom. The number of rotatable bonds is 3. The summed E-state index contributed by atoms with van der Waals surface area (Å²) in [5.74, 6) is -6.78. The van der Waals surface area contributed by atoms with Gasteiger partial charge in [0.05, 0.1) is 16.5 Å². The van der Waals surface area contributed by atoms with Gasteiger partial charge in [0.2, 0.25) is 5.91 Å². The van der Waals surface area contributed by atoms with Crippen LogP contribution < -0.4 is 5.32 Å². The number of carbonyl (C=O) groups is 2. The van der Waals surface area contributed by atoms with E-state index in [-0.39, 0.29) is 32.7 Å². The number of aromatic nitrogens is 1. The maximum Gasteiger partial charge on any atom is 0.262 e. The molecule has 9 heteroatoms. The molecule has 3 aromatic rings. The zero-order valence-corrected chi connectivity index (χ0v) is 16.4. The highest BCUT2D eigenvalue weighted by atomic mass is 35.5. The molecule has 1 aromatic heterocycles. The summed E-state index contributed by atoms with van der Waals surface area (Å²) in [6.45, 7) is 2.94. The van der Waals surface area contributed by atoms with Crippen LogP contribution in [0.3, 0.4) is 0 Å². The first kappa shape index (κ1) is 20.7. The molecule has 1 amide bonds. The zero-order valence-electron chi connectivity index (χ0n) is 15.6. The second-order valence-electron chi connectivity index (χ2n) is 6.52. The van der Waals surface area contributed by atoms with E-state index in [0.29, 0.717) is 0 Å². The molecule has 29 heavy (non-hydrogen) atoms. The standard InChI is InChI=1S/C20H16ClF3N2O3/c1-8(19(28)25-3)15-9(2)26(14-7-13(23)18(27)17(24)16(14)15)20(29)10-4-5-11(21)12(22)6-10/h4-8,27H,1-3H3,(H,25,28)/t8-/m0/s1. The summed E-state index contributed by atoms with van der Waals surface area (Å²) in [6, 6.07) is 4.16. The predicted molar refractivity (Wildman–Crippen MR) is 102 cm³/mol. The Labute approximate surface area is 168 Å². The van der Waals surface area contributed by atoms with Crippen LogP contribution in [0.5, 0.6) is 5.75 Å². The van der Waals surface area contributed by atoms with Crippen LogP contribution in [0.1, 0.15) is 34.5 Å². The van der Waals surface area contributed by atoms with Gasteiger partial charge in [-0.1, -0.05) is 11.6 Å². The molecule has 0 spiro atoms. The molecule has 2 N–H and O–H groups in total. The monoisotopic (exact) mass is 424 g/mol. The third-order valence-corrected chi connectivity index (χ3v) is 5.16. The van der Waals surface area contributed by atoms with Gasteiger partial charge in [0.1, 0.15) is 5.82 Å². The van der Waals surface area contributed by atoms with Crippen LogP contribution in [0.2, 0.25) is 5.02 Å². The van der Waals surface area contributed by atoms with Crippen LogP contribution in [-0.4, -0.2) is 28.5 Å². The topological polar surface area (TPSA) is 71.3 Å². The molecule has 0 unspecified atom stereocenters. The highest BCUT2D eigenvalue weighted by molar-refractivity contribution is 6.30. The van der Waals surface area contributed by atoms with Crippen LogP contribution in [0.25, 0.3) is 10.9 Å². The number of likely N-dealkylation sites (N-methyl/N-ethyl adjacent to an activating group) is 1. The zero-order chi connectivity index (χ0) is 21.6. The van der Waals surface area contributed by atoms with E-state index in [9.17, 15) is 27.9 Å². The Balaban J connectivity index is 2.38. The number of halogens is 4. The predicted octanol–water partition coefficient (Wildman–Crippen LogP) is 4.26. The third-order valence-electron chi connectivity index (χ3n) is 4.85. The number of hydrogen-bond donors (Lipinski definition) is 2. The summed E-state index contributed by atoms with van der Waals surface area (Å²) < 4.78 is 43.7. The summed E-state index contributed by atoms with van der Waals surface area (Å²) in [5, 5.41) is 11.7. The lowest BCUT2D eigenvalue weighted by atomic mass is 9.96. The Kier molecular flexibility index (Phi) is 5.32. The molecule has 0 radical (unpaired) electrons. The molecular weight excluding hydrogens is 409 g/mol. The number of nitrogens with zero attached hydrogens (tertiary/aromatic N) is 1. The second kappa shape index (κ2) is 7.44. The van der Waals surface area contributed by atoms with Gasteiger partial charge in [-0.05, 0) is 37.6 Å². The largest absolute Gasteiger partial charge is 0.503 e. The number of hydrogen-bond acceptors (Lipinski definition) is 3. The van der Waals surface area contributed by atoms with Gasteiger partial charge in [-0.2, -0.15) is 0 Å². The van der Waals surface area contributed by atoms with Gasteiger partial charge in [-0.15, -0.1) is 0 Å². The van der Waals surface area contributed by atoms with Gasteiger partial charge in [0.25, 0.3) is 5.91 Å². The first-order valence-electron chi connectivity index (χ1n) is 8.53. The number of phenolic OH excluding ortho intramolecular Hbond substituents is 1. The van der Waals surface area contributed by atoms with E-state index in [1.165, 1.54) is 33.0 Å². The van der Waals surface area contributed by atoms with Crippen LogP contribution >= 0.6 is 11.6 Å². The van der Waals surface area contributed by atoms with Crippen molar-refractivity contribution in [3.63, 3.8) is 0 Å². The Morgan fingerprint density at radius 3 is 2.41 bits per heavy atom. The molecule has 152 valence electrons. The molecular formula is C20H16ClF3N2O3. The highest BCUT2D eigenvalue weighted by Crippen LogP contribution is 2.38. The van der Waals surface area contributed by atoms with E-state index in [4.69, 9.17) is 11.6 Å². The summed E-state index contributed by atoms with van der Waals surface area (Å²) in [5.41, 5.74) is -0.0448. The van der Waals surface area contributed by atoms with E-state index in [2.05, 4.69) is 5.32 Å². The van der Waals surface area contributed by atoms with Crippen molar-refractivity contribution in [3.8, 4) is 5.75 Å². The fourth-order valence-electron chi connectivity index (χ4n) is 3.41. The van der Waals surface area contributed by atoms with E-state index in [0.717, 1.165) is 16.7 Å². The molecule has 0 aliphatic rings. The fourth-order valence-corrected chi connectivity index (χ4v) is 3.53. The summed E-state index contributed by atoms with van der Waals surface area (Å²) >= 11 is 5.65. The van der Waals surface area contributed by atoms with E-state index >= 15 is 0 Å². The minimum Gasteiger partial charge on any atom is -0.503 e. The number of amides is 1.